The van der Waals surface area contributed by atoms with Gasteiger partial charge in [-0.3, -0.25) is 9.59 Å². The number of nitrogens with one attached hydrogen (secondary N) is 1. The van der Waals surface area contributed by atoms with E-state index < -0.39 is 23.7 Å². The highest BCUT2D eigenvalue weighted by Crippen LogP contribution is 2.35. The fourth-order valence-electron chi connectivity index (χ4n) is 4.33. The van der Waals surface area contributed by atoms with Gasteiger partial charge < -0.3 is 15.3 Å². The Hall–Kier alpha value is -2.78. The average molecular weight is 596 g/mol. The minimum atomic E-state index is -1.34. The molecule has 0 fully saturated rings. The average Bonchev–Trinajstić information content (AvgIpc) is 2.87. The van der Waals surface area contributed by atoms with Crippen LogP contribution in [0.1, 0.15) is 37.4 Å². The Bertz CT molecular complexity index is 1420. The molecule has 38 heavy (non-hydrogen) atoms. The molecule has 0 spiro atoms. The smallest absolute Gasteiger partial charge is 0.326 e. The van der Waals surface area contributed by atoms with Gasteiger partial charge >= 0.3 is 5.97 Å². The molecule has 6 nitrogen and oxygen atoms in total. The number of benzene rings is 3. The van der Waals surface area contributed by atoms with Crippen molar-refractivity contribution in [2.75, 3.05) is 12.8 Å². The van der Waals surface area contributed by atoms with Gasteiger partial charge in [-0.25, -0.2) is 9.18 Å². The summed E-state index contributed by atoms with van der Waals surface area (Å²) < 4.78 is 13.9. The van der Waals surface area contributed by atoms with Crippen LogP contribution in [-0.2, 0) is 24.2 Å². The van der Waals surface area contributed by atoms with Crippen LogP contribution in [0.2, 0.25) is 15.1 Å². The van der Waals surface area contributed by atoms with Gasteiger partial charge in [0.2, 0.25) is 0 Å². The number of amides is 2. The number of hydrogen-bond acceptors (Lipinski definition) is 4. The number of halogens is 4. The molecular formula is C27H22Cl3FN2O4S. The first-order valence-electron chi connectivity index (χ1n) is 11.5. The zero-order valence-electron chi connectivity index (χ0n) is 20.1. The summed E-state index contributed by atoms with van der Waals surface area (Å²) in [6.45, 7) is 0.610. The van der Waals surface area contributed by atoms with Gasteiger partial charge in [-0.05, 0) is 77.9 Å². The molecule has 0 unspecified atom stereocenters. The minimum absolute atomic E-state index is 0.0339. The first-order chi connectivity index (χ1) is 18.1. The van der Waals surface area contributed by atoms with Crippen molar-refractivity contribution in [2.45, 2.75) is 30.3 Å². The summed E-state index contributed by atoms with van der Waals surface area (Å²) in [5, 5.41) is 12.9. The van der Waals surface area contributed by atoms with E-state index in [-0.39, 0.29) is 34.5 Å². The Morgan fingerprint density at radius 3 is 2.47 bits per heavy atom. The Kier molecular flexibility index (Phi) is 8.88. The van der Waals surface area contributed by atoms with Gasteiger partial charge in [0.15, 0.2) is 0 Å². The van der Waals surface area contributed by atoms with Crippen molar-refractivity contribution >= 4 is 64.3 Å². The largest absolute Gasteiger partial charge is 0.480 e. The molecule has 0 radical (unpaired) electrons. The Morgan fingerprint density at radius 1 is 1.11 bits per heavy atom. The lowest BCUT2D eigenvalue weighted by atomic mass is 9.95. The second-order valence-corrected chi connectivity index (χ2v) is 10.8. The molecule has 3 aromatic rings. The third kappa shape index (κ3) is 6.26. The summed E-state index contributed by atoms with van der Waals surface area (Å²) in [6, 6.07) is 11.1. The standard InChI is InChI=1S/C27H22Cl3FN2O4S/c1-38-19-9-14(8-18(31)12-19)10-22(27(36)37)32-25(34)23-21(29)11-16-13-33(7-6-20(16)24(23)30)26(35)15-2-4-17(28)5-3-15/h2-5,8-9,11-12,22H,6-7,10,13H2,1H3,(H,32,34)(H,36,37)/t22-/m0/s1. The zero-order valence-corrected chi connectivity index (χ0v) is 23.1. The number of nitrogens with zero attached hydrogens (tertiary/aromatic N) is 1. The first-order valence-corrected chi connectivity index (χ1v) is 13.8. The molecule has 11 heteroatoms. The number of aliphatic carboxylic acids is 1. The van der Waals surface area contributed by atoms with Gasteiger partial charge in [-0.1, -0.05) is 34.8 Å². The van der Waals surface area contributed by atoms with E-state index in [2.05, 4.69) is 5.32 Å². The van der Waals surface area contributed by atoms with Crippen molar-refractivity contribution in [3.8, 4) is 0 Å². The fourth-order valence-corrected chi connectivity index (χ4v) is 5.72. The van der Waals surface area contributed by atoms with Crippen molar-refractivity contribution in [1.82, 2.24) is 10.2 Å². The monoisotopic (exact) mass is 594 g/mol. The number of hydrogen-bond donors (Lipinski definition) is 2. The lowest BCUT2D eigenvalue weighted by molar-refractivity contribution is -0.139. The van der Waals surface area contributed by atoms with Crippen LogP contribution in [0.25, 0.3) is 0 Å². The van der Waals surface area contributed by atoms with Gasteiger partial charge in [-0.2, -0.15) is 0 Å². The van der Waals surface area contributed by atoms with Crippen LogP contribution in [0.5, 0.6) is 0 Å². The van der Waals surface area contributed by atoms with Crippen LogP contribution < -0.4 is 5.32 Å². The van der Waals surface area contributed by atoms with E-state index in [1.54, 1.807) is 47.6 Å². The van der Waals surface area contributed by atoms with E-state index in [1.165, 1.54) is 23.9 Å². The molecule has 1 aliphatic rings. The lowest BCUT2D eigenvalue weighted by Crippen LogP contribution is -2.42. The molecular weight excluding hydrogens is 574 g/mol. The maximum atomic E-state index is 13.9. The third-order valence-electron chi connectivity index (χ3n) is 6.22. The van der Waals surface area contributed by atoms with E-state index in [4.69, 9.17) is 34.8 Å². The summed E-state index contributed by atoms with van der Waals surface area (Å²) in [4.78, 5) is 40.3. The van der Waals surface area contributed by atoms with Crippen LogP contribution in [0, 0.1) is 5.82 Å². The van der Waals surface area contributed by atoms with Crippen molar-refractivity contribution in [3.05, 3.63) is 97.2 Å². The van der Waals surface area contributed by atoms with Gasteiger partial charge in [0.25, 0.3) is 11.8 Å². The van der Waals surface area contributed by atoms with Crippen molar-refractivity contribution in [1.29, 1.82) is 0 Å². The van der Waals surface area contributed by atoms with E-state index >= 15 is 0 Å². The summed E-state index contributed by atoms with van der Waals surface area (Å²) in [7, 11) is 0. The Balaban J connectivity index is 1.54. The van der Waals surface area contributed by atoms with Gasteiger partial charge in [0.05, 0.1) is 15.6 Å². The summed E-state index contributed by atoms with van der Waals surface area (Å²) >= 11 is 20.3. The molecule has 1 atom stereocenters. The molecule has 1 aliphatic heterocycles. The first kappa shape index (κ1) is 28.2. The molecule has 0 aromatic heterocycles. The molecule has 0 aliphatic carbocycles. The number of rotatable bonds is 7. The highest BCUT2D eigenvalue weighted by atomic mass is 35.5. The summed E-state index contributed by atoms with van der Waals surface area (Å²) in [5.74, 6) is -2.70. The predicted molar refractivity (Wildman–Crippen MR) is 147 cm³/mol. The predicted octanol–water partition coefficient (Wildman–Crippen LogP) is 6.13. The quantitative estimate of drug-likeness (QED) is 0.321. The van der Waals surface area contributed by atoms with Crippen LogP contribution in [-0.4, -0.2) is 46.6 Å². The van der Waals surface area contributed by atoms with Gasteiger partial charge in [0.1, 0.15) is 11.9 Å². The van der Waals surface area contributed by atoms with Gasteiger partial charge in [0, 0.05) is 35.0 Å². The molecule has 0 saturated heterocycles. The Labute approximate surface area is 238 Å². The van der Waals surface area contributed by atoms with Crippen molar-refractivity contribution in [2.24, 2.45) is 0 Å². The normalized spacial score (nSPS) is 13.6. The highest BCUT2D eigenvalue weighted by molar-refractivity contribution is 7.98. The number of carbonyl (C=O) groups excluding carboxylic acids is 2. The Morgan fingerprint density at radius 2 is 1.82 bits per heavy atom. The summed E-state index contributed by atoms with van der Waals surface area (Å²) in [5.41, 5.74) is 2.25. The molecule has 4 rings (SSSR count). The minimum Gasteiger partial charge on any atom is -0.480 e. The number of fused-ring (bicyclic) bond motifs is 1. The van der Waals surface area contributed by atoms with E-state index in [0.717, 1.165) is 0 Å². The second kappa shape index (κ2) is 11.9. The van der Waals surface area contributed by atoms with Crippen LogP contribution >= 0.6 is 46.6 Å². The zero-order chi connectivity index (χ0) is 27.6. The third-order valence-corrected chi connectivity index (χ3v) is 7.89. The molecule has 1 heterocycles. The van der Waals surface area contributed by atoms with E-state index in [9.17, 15) is 23.9 Å². The van der Waals surface area contributed by atoms with Crippen LogP contribution in [0.4, 0.5) is 4.39 Å². The maximum absolute atomic E-state index is 13.9. The molecule has 0 saturated carbocycles. The number of carboxylic acid groups (broad SMARTS) is 1. The number of carbonyl (C=O) groups is 3. The van der Waals surface area contributed by atoms with Crippen LogP contribution in [0.15, 0.2) is 53.4 Å². The molecule has 2 amide bonds. The second-order valence-electron chi connectivity index (χ2n) is 8.74. The molecule has 198 valence electrons. The topological polar surface area (TPSA) is 86.7 Å². The number of carboxylic acids is 1. The summed E-state index contributed by atoms with van der Waals surface area (Å²) in [6.07, 6.45) is 2.03. The molecule has 2 N–H and O–H groups in total. The highest BCUT2D eigenvalue weighted by Gasteiger charge is 2.29. The van der Waals surface area contributed by atoms with E-state index in [0.29, 0.717) is 45.1 Å². The number of thioether (sulfide) groups is 1. The van der Waals surface area contributed by atoms with Gasteiger partial charge in [-0.15, -0.1) is 11.8 Å². The van der Waals surface area contributed by atoms with Crippen LogP contribution in [0.3, 0.4) is 0 Å². The van der Waals surface area contributed by atoms with Crippen molar-refractivity contribution in [3.63, 3.8) is 0 Å². The van der Waals surface area contributed by atoms with E-state index in [1.807, 2.05) is 0 Å². The fraction of sp³-hybridized carbons (Fsp3) is 0.222. The lowest BCUT2D eigenvalue weighted by Gasteiger charge is -2.30. The molecule has 3 aromatic carbocycles. The molecule has 0 bridgehead atoms. The SMILES string of the molecule is CSc1cc(F)cc(C[C@H](NC(=O)c2c(Cl)cc3c(c2Cl)CCN(C(=O)c2ccc(Cl)cc2)C3)C(=O)O)c1. The maximum Gasteiger partial charge on any atom is 0.326 e. The van der Waals surface area contributed by atoms with Crippen molar-refractivity contribution < 1.29 is 23.9 Å².